The van der Waals surface area contributed by atoms with Gasteiger partial charge in [-0.05, 0) is 44.0 Å². The van der Waals surface area contributed by atoms with Crippen molar-refractivity contribution < 1.29 is 4.79 Å². The third kappa shape index (κ3) is 3.51. The largest absolute Gasteiger partial charge is 0.347 e. The zero-order valence-electron chi connectivity index (χ0n) is 14.0. The summed E-state index contributed by atoms with van der Waals surface area (Å²) in [5, 5.41) is 4.08. The molecule has 0 fully saturated rings. The van der Waals surface area contributed by atoms with Crippen molar-refractivity contribution in [1.29, 1.82) is 0 Å². The lowest BCUT2D eigenvalue weighted by molar-refractivity contribution is 0.0913. The van der Waals surface area contributed by atoms with E-state index in [1.807, 2.05) is 62.0 Å². The summed E-state index contributed by atoms with van der Waals surface area (Å²) >= 11 is 3.56. The van der Waals surface area contributed by atoms with E-state index in [1.54, 1.807) is 6.20 Å². The van der Waals surface area contributed by atoms with Crippen LogP contribution in [0.4, 0.5) is 0 Å². The number of aryl methyl sites for hydroxylation is 1. The van der Waals surface area contributed by atoms with Crippen LogP contribution in [-0.4, -0.2) is 21.0 Å². The first-order valence-electron chi connectivity index (χ1n) is 7.83. The maximum atomic E-state index is 12.6. The lowest BCUT2D eigenvalue weighted by Crippen LogP contribution is -2.45. The Kier molecular flexibility index (Phi) is 4.45. The van der Waals surface area contributed by atoms with Gasteiger partial charge in [0.25, 0.3) is 5.91 Å². The molecule has 0 radical (unpaired) electrons. The van der Waals surface area contributed by atoms with Gasteiger partial charge in [-0.2, -0.15) is 0 Å². The molecule has 0 aliphatic rings. The fourth-order valence-corrected chi connectivity index (χ4v) is 3.25. The van der Waals surface area contributed by atoms with Crippen LogP contribution in [0.2, 0.25) is 0 Å². The van der Waals surface area contributed by atoms with E-state index in [2.05, 4.69) is 32.3 Å². The van der Waals surface area contributed by atoms with Gasteiger partial charge in [0.2, 0.25) is 0 Å². The number of fused-ring (bicyclic) bond motifs is 1. The number of pyridine rings is 1. The van der Waals surface area contributed by atoms with Crippen LogP contribution in [0.5, 0.6) is 0 Å². The Hall–Kier alpha value is -2.14. The third-order valence-corrected chi connectivity index (χ3v) is 4.78. The number of aromatic nitrogens is 2. The predicted octanol–water partition coefficient (Wildman–Crippen LogP) is 4.09. The van der Waals surface area contributed by atoms with Gasteiger partial charge >= 0.3 is 0 Å². The highest BCUT2D eigenvalue weighted by atomic mass is 79.9. The first-order chi connectivity index (χ1) is 11.4. The summed E-state index contributed by atoms with van der Waals surface area (Å²) in [5.41, 5.74) is 2.25. The van der Waals surface area contributed by atoms with Gasteiger partial charge in [-0.15, -0.1) is 0 Å². The summed E-state index contributed by atoms with van der Waals surface area (Å²) < 4.78 is 2.99. The van der Waals surface area contributed by atoms with Crippen molar-refractivity contribution in [2.24, 2.45) is 7.05 Å². The Morgan fingerprint density at radius 1 is 1.29 bits per heavy atom. The maximum Gasteiger partial charge on any atom is 0.253 e. The molecular formula is C19H20BrN3O. The number of hydrogen-bond acceptors (Lipinski definition) is 2. The number of carbonyl (C=O) groups is 1. The molecule has 0 aliphatic carbocycles. The van der Waals surface area contributed by atoms with E-state index in [0.29, 0.717) is 5.56 Å². The number of hydrogen-bond donors (Lipinski definition) is 1. The quantitative estimate of drug-likeness (QED) is 0.734. The Morgan fingerprint density at radius 3 is 2.79 bits per heavy atom. The molecule has 5 heteroatoms. The summed E-state index contributed by atoms with van der Waals surface area (Å²) in [6, 6.07) is 11.9. The van der Waals surface area contributed by atoms with E-state index in [1.165, 1.54) is 5.56 Å². The average Bonchev–Trinajstić information content (AvgIpc) is 2.90. The van der Waals surface area contributed by atoms with Gasteiger partial charge in [0.05, 0.1) is 5.56 Å². The molecule has 0 saturated carbocycles. The minimum absolute atomic E-state index is 0.106. The summed E-state index contributed by atoms with van der Waals surface area (Å²) in [4.78, 5) is 17.0. The van der Waals surface area contributed by atoms with Crippen LogP contribution in [0.15, 0.2) is 53.3 Å². The monoisotopic (exact) mass is 385 g/mol. The van der Waals surface area contributed by atoms with E-state index < -0.39 is 0 Å². The molecule has 1 amide bonds. The second-order valence-corrected chi connectivity index (χ2v) is 7.52. The number of halogens is 1. The smallest absolute Gasteiger partial charge is 0.253 e. The molecule has 4 nitrogen and oxygen atoms in total. The SMILES string of the molecule is Cn1ccc2cc(C(=O)NC(C)(C)Cc3ccccc3Br)cnc21. The Balaban J connectivity index is 1.77. The molecule has 0 aliphatic heterocycles. The van der Waals surface area contributed by atoms with Gasteiger partial charge in [0, 0.05) is 34.8 Å². The van der Waals surface area contributed by atoms with Crippen molar-refractivity contribution in [2.75, 3.05) is 0 Å². The molecule has 124 valence electrons. The Morgan fingerprint density at radius 2 is 2.04 bits per heavy atom. The molecule has 1 N–H and O–H groups in total. The highest BCUT2D eigenvalue weighted by Gasteiger charge is 2.23. The number of rotatable bonds is 4. The van der Waals surface area contributed by atoms with Crippen molar-refractivity contribution in [3.63, 3.8) is 0 Å². The first-order valence-corrected chi connectivity index (χ1v) is 8.62. The molecule has 1 aromatic carbocycles. The third-order valence-electron chi connectivity index (χ3n) is 4.01. The van der Waals surface area contributed by atoms with Gasteiger partial charge in [-0.1, -0.05) is 34.1 Å². The summed E-state index contributed by atoms with van der Waals surface area (Å²) in [6.45, 7) is 4.05. The second kappa shape index (κ2) is 6.40. The van der Waals surface area contributed by atoms with Crippen molar-refractivity contribution >= 4 is 32.9 Å². The normalized spacial score (nSPS) is 11.7. The minimum Gasteiger partial charge on any atom is -0.347 e. The molecule has 0 unspecified atom stereocenters. The van der Waals surface area contributed by atoms with E-state index in [0.717, 1.165) is 21.9 Å². The molecule has 2 heterocycles. The van der Waals surface area contributed by atoms with Gasteiger partial charge < -0.3 is 9.88 Å². The van der Waals surface area contributed by atoms with Crippen LogP contribution in [0, 0.1) is 0 Å². The van der Waals surface area contributed by atoms with Crippen LogP contribution in [-0.2, 0) is 13.5 Å². The van der Waals surface area contributed by atoms with Crippen molar-refractivity contribution in [3.8, 4) is 0 Å². The molecular weight excluding hydrogens is 366 g/mol. The Bertz CT molecular complexity index is 899. The fourth-order valence-electron chi connectivity index (χ4n) is 2.82. The summed E-state index contributed by atoms with van der Waals surface area (Å²) in [5.74, 6) is -0.106. The highest BCUT2D eigenvalue weighted by Crippen LogP contribution is 2.22. The van der Waals surface area contributed by atoms with E-state index in [4.69, 9.17) is 0 Å². The second-order valence-electron chi connectivity index (χ2n) is 6.67. The van der Waals surface area contributed by atoms with Gasteiger partial charge in [0.1, 0.15) is 5.65 Å². The van der Waals surface area contributed by atoms with Crippen molar-refractivity contribution in [2.45, 2.75) is 25.8 Å². The van der Waals surface area contributed by atoms with Crippen LogP contribution in [0.25, 0.3) is 11.0 Å². The first kappa shape index (κ1) is 16.7. The molecule has 0 atom stereocenters. The lowest BCUT2D eigenvalue weighted by Gasteiger charge is -2.27. The predicted molar refractivity (Wildman–Crippen MR) is 100 cm³/mol. The topological polar surface area (TPSA) is 46.9 Å². The fraction of sp³-hybridized carbons (Fsp3) is 0.263. The van der Waals surface area contributed by atoms with Crippen LogP contribution >= 0.6 is 15.9 Å². The zero-order valence-corrected chi connectivity index (χ0v) is 15.6. The summed E-state index contributed by atoms with van der Waals surface area (Å²) in [6.07, 6.45) is 4.31. The van der Waals surface area contributed by atoms with Crippen molar-refractivity contribution in [1.82, 2.24) is 14.9 Å². The number of carbonyl (C=O) groups excluding carboxylic acids is 1. The molecule has 24 heavy (non-hydrogen) atoms. The van der Waals surface area contributed by atoms with E-state index in [9.17, 15) is 4.79 Å². The van der Waals surface area contributed by atoms with Crippen LogP contribution < -0.4 is 5.32 Å². The molecule has 0 saturated heterocycles. The number of nitrogens with zero attached hydrogens (tertiary/aromatic N) is 2. The van der Waals surface area contributed by atoms with Crippen LogP contribution in [0.1, 0.15) is 29.8 Å². The van der Waals surface area contributed by atoms with E-state index >= 15 is 0 Å². The van der Waals surface area contributed by atoms with Gasteiger partial charge in [0.15, 0.2) is 0 Å². The van der Waals surface area contributed by atoms with E-state index in [-0.39, 0.29) is 11.4 Å². The Labute approximate surface area is 150 Å². The summed E-state index contributed by atoms with van der Waals surface area (Å²) in [7, 11) is 1.94. The molecule has 2 aromatic heterocycles. The standard InChI is InChI=1S/C19H20BrN3O/c1-19(2,11-14-6-4-5-7-16(14)20)22-18(24)15-10-13-8-9-23(3)17(13)21-12-15/h4-10,12H,11H2,1-3H3,(H,22,24). The maximum absolute atomic E-state index is 12.6. The molecule has 3 aromatic rings. The molecule has 0 spiro atoms. The number of amides is 1. The molecule has 3 rings (SSSR count). The van der Waals surface area contributed by atoms with Gasteiger partial charge in [-0.25, -0.2) is 4.98 Å². The van der Waals surface area contributed by atoms with Crippen LogP contribution in [0.3, 0.4) is 0 Å². The average molecular weight is 386 g/mol. The van der Waals surface area contributed by atoms with Gasteiger partial charge in [-0.3, -0.25) is 4.79 Å². The molecule has 0 bridgehead atoms. The van der Waals surface area contributed by atoms with Crippen molar-refractivity contribution in [3.05, 3.63) is 64.4 Å². The lowest BCUT2D eigenvalue weighted by atomic mass is 9.94. The zero-order chi connectivity index (χ0) is 17.3. The number of benzene rings is 1. The highest BCUT2D eigenvalue weighted by molar-refractivity contribution is 9.10. The minimum atomic E-state index is -0.368. The number of nitrogens with one attached hydrogen (secondary N) is 1.